The molecule has 27 heavy (non-hydrogen) atoms. The maximum atomic E-state index is 12.3. The first-order chi connectivity index (χ1) is 13.3. The molecule has 1 atom stereocenters. The smallest absolute Gasteiger partial charge is 0.244 e. The van der Waals surface area contributed by atoms with E-state index in [9.17, 15) is 4.79 Å². The number of carbonyl (C=O) groups is 1. The van der Waals surface area contributed by atoms with Crippen molar-refractivity contribution in [3.05, 3.63) is 78.1 Å². The topological polar surface area (TPSA) is 45.5 Å². The number of likely N-dealkylation sites (tertiary alicyclic amines) is 1. The minimum absolute atomic E-state index is 0.101. The van der Waals surface area contributed by atoms with Crippen molar-refractivity contribution in [2.45, 2.75) is 18.9 Å². The highest BCUT2D eigenvalue weighted by atomic mass is 16.3. The Hall–Kier alpha value is -2.85. The Bertz CT molecular complexity index is 891. The van der Waals surface area contributed by atoms with Crippen LogP contribution in [0.1, 0.15) is 30.2 Å². The van der Waals surface area contributed by atoms with Gasteiger partial charge in [0.2, 0.25) is 5.91 Å². The molecule has 1 unspecified atom stereocenters. The molecule has 1 aromatic heterocycles. The van der Waals surface area contributed by atoms with E-state index >= 15 is 0 Å². The van der Waals surface area contributed by atoms with E-state index in [1.165, 1.54) is 18.4 Å². The van der Waals surface area contributed by atoms with Gasteiger partial charge in [-0.2, -0.15) is 0 Å². The molecule has 0 aliphatic carbocycles. The van der Waals surface area contributed by atoms with Crippen LogP contribution < -0.4 is 5.32 Å². The fraction of sp³-hybridized carbons (Fsp3) is 0.261. The van der Waals surface area contributed by atoms with Gasteiger partial charge in [-0.1, -0.05) is 48.5 Å². The maximum absolute atomic E-state index is 12.3. The van der Waals surface area contributed by atoms with Crippen LogP contribution >= 0.6 is 0 Å². The summed E-state index contributed by atoms with van der Waals surface area (Å²) < 4.78 is 5.72. The molecule has 2 heterocycles. The maximum Gasteiger partial charge on any atom is 0.244 e. The SMILES string of the molecule is O=C(/C=C/c1cc2ccccc2o1)NCC(c1ccccc1)N1CCCC1. The van der Waals surface area contributed by atoms with Gasteiger partial charge in [0.1, 0.15) is 11.3 Å². The lowest BCUT2D eigenvalue weighted by Gasteiger charge is -2.28. The first-order valence-corrected chi connectivity index (χ1v) is 9.53. The summed E-state index contributed by atoms with van der Waals surface area (Å²) in [6.07, 6.45) is 5.72. The molecule has 4 nitrogen and oxygen atoms in total. The van der Waals surface area contributed by atoms with Crippen molar-refractivity contribution in [1.29, 1.82) is 0 Å². The van der Waals surface area contributed by atoms with Crippen LogP contribution in [-0.4, -0.2) is 30.4 Å². The minimum Gasteiger partial charge on any atom is -0.457 e. The quantitative estimate of drug-likeness (QED) is 0.663. The van der Waals surface area contributed by atoms with Crippen LogP contribution in [0.5, 0.6) is 0 Å². The van der Waals surface area contributed by atoms with Gasteiger partial charge in [0, 0.05) is 18.0 Å². The number of furan rings is 1. The highest BCUT2D eigenvalue weighted by Crippen LogP contribution is 2.24. The van der Waals surface area contributed by atoms with Gasteiger partial charge in [-0.3, -0.25) is 9.69 Å². The molecular formula is C23H24N2O2. The minimum atomic E-state index is -0.101. The Balaban J connectivity index is 1.40. The molecule has 2 aromatic carbocycles. The van der Waals surface area contributed by atoms with Crippen molar-refractivity contribution in [1.82, 2.24) is 10.2 Å². The van der Waals surface area contributed by atoms with Gasteiger partial charge in [-0.25, -0.2) is 0 Å². The molecule has 1 amide bonds. The second kappa shape index (κ2) is 8.23. The molecule has 4 rings (SSSR count). The van der Waals surface area contributed by atoms with Crippen LogP contribution in [0, 0.1) is 0 Å². The molecule has 0 bridgehead atoms. The van der Waals surface area contributed by atoms with E-state index in [1.54, 1.807) is 12.2 Å². The summed E-state index contributed by atoms with van der Waals surface area (Å²) in [7, 11) is 0. The molecule has 1 aliphatic heterocycles. The third-order valence-corrected chi connectivity index (χ3v) is 5.08. The van der Waals surface area contributed by atoms with Crippen molar-refractivity contribution in [3.63, 3.8) is 0 Å². The number of nitrogens with zero attached hydrogens (tertiary/aromatic N) is 1. The second-order valence-corrected chi connectivity index (χ2v) is 6.93. The van der Waals surface area contributed by atoms with Gasteiger partial charge in [0.05, 0.1) is 6.04 Å². The summed E-state index contributed by atoms with van der Waals surface area (Å²) >= 11 is 0. The van der Waals surface area contributed by atoms with Crippen molar-refractivity contribution in [3.8, 4) is 0 Å². The predicted octanol–water partition coefficient (Wildman–Crippen LogP) is 4.40. The Morgan fingerprint density at radius 3 is 2.59 bits per heavy atom. The zero-order chi connectivity index (χ0) is 18.5. The molecule has 0 saturated carbocycles. The van der Waals surface area contributed by atoms with Gasteiger partial charge in [0.25, 0.3) is 0 Å². The van der Waals surface area contributed by atoms with Crippen LogP contribution in [0.25, 0.3) is 17.0 Å². The molecule has 0 radical (unpaired) electrons. The van der Waals surface area contributed by atoms with Crippen LogP contribution in [0.2, 0.25) is 0 Å². The van der Waals surface area contributed by atoms with Gasteiger partial charge in [-0.15, -0.1) is 0 Å². The van der Waals surface area contributed by atoms with E-state index in [4.69, 9.17) is 4.42 Å². The van der Waals surface area contributed by atoms with E-state index in [0.29, 0.717) is 12.3 Å². The number of nitrogens with one attached hydrogen (secondary N) is 1. The van der Waals surface area contributed by atoms with E-state index < -0.39 is 0 Å². The molecule has 1 saturated heterocycles. The van der Waals surface area contributed by atoms with Crippen LogP contribution in [0.3, 0.4) is 0 Å². The molecule has 3 aromatic rings. The molecule has 4 heteroatoms. The number of para-hydroxylation sites is 1. The average Bonchev–Trinajstić information content (AvgIpc) is 3.37. The largest absolute Gasteiger partial charge is 0.457 e. The fourth-order valence-corrected chi connectivity index (χ4v) is 3.68. The van der Waals surface area contributed by atoms with Crippen molar-refractivity contribution >= 4 is 23.0 Å². The van der Waals surface area contributed by atoms with Gasteiger partial charge < -0.3 is 9.73 Å². The fourth-order valence-electron chi connectivity index (χ4n) is 3.68. The number of fused-ring (bicyclic) bond motifs is 1. The number of amides is 1. The van der Waals surface area contributed by atoms with Crippen LogP contribution in [0.15, 0.2) is 71.2 Å². The average molecular weight is 360 g/mol. The highest BCUT2D eigenvalue weighted by molar-refractivity contribution is 5.92. The number of benzene rings is 2. The summed E-state index contributed by atoms with van der Waals surface area (Å²) in [4.78, 5) is 14.8. The number of carbonyl (C=O) groups excluding carboxylic acids is 1. The summed E-state index contributed by atoms with van der Waals surface area (Å²) in [6.45, 7) is 2.78. The van der Waals surface area contributed by atoms with Crippen molar-refractivity contribution in [2.24, 2.45) is 0 Å². The predicted molar refractivity (Wildman–Crippen MR) is 108 cm³/mol. The third kappa shape index (κ3) is 4.29. The molecule has 1 N–H and O–H groups in total. The van der Waals surface area contributed by atoms with E-state index in [0.717, 1.165) is 24.1 Å². The van der Waals surface area contributed by atoms with E-state index in [1.807, 2.05) is 36.4 Å². The summed E-state index contributed by atoms with van der Waals surface area (Å²) in [5.41, 5.74) is 2.08. The first-order valence-electron chi connectivity index (χ1n) is 9.53. The monoisotopic (exact) mass is 360 g/mol. The molecule has 138 valence electrons. The summed E-state index contributed by atoms with van der Waals surface area (Å²) in [5, 5.41) is 4.09. The molecule has 1 fully saturated rings. The standard InChI is InChI=1S/C23H24N2O2/c26-23(13-12-20-16-19-10-4-5-11-22(19)27-20)24-17-21(25-14-6-7-15-25)18-8-2-1-3-9-18/h1-5,8-13,16,21H,6-7,14-15,17H2,(H,24,26)/b13-12+. The Morgan fingerprint density at radius 1 is 1.07 bits per heavy atom. The van der Waals surface area contributed by atoms with Crippen LogP contribution in [0.4, 0.5) is 0 Å². The zero-order valence-corrected chi connectivity index (χ0v) is 15.3. The Labute approximate surface area is 159 Å². The molecular weight excluding hydrogens is 336 g/mol. The number of hydrogen-bond donors (Lipinski definition) is 1. The highest BCUT2D eigenvalue weighted by Gasteiger charge is 2.23. The second-order valence-electron chi connectivity index (χ2n) is 6.93. The summed E-state index contributed by atoms with van der Waals surface area (Å²) in [6, 6.07) is 20.4. The first kappa shape index (κ1) is 17.6. The van der Waals surface area contributed by atoms with Gasteiger partial charge in [0.15, 0.2) is 0 Å². The Morgan fingerprint density at radius 2 is 1.81 bits per heavy atom. The van der Waals surface area contributed by atoms with Crippen molar-refractivity contribution in [2.75, 3.05) is 19.6 Å². The number of rotatable bonds is 6. The third-order valence-electron chi connectivity index (χ3n) is 5.08. The van der Waals surface area contributed by atoms with E-state index in [2.05, 4.69) is 34.5 Å². The molecule has 0 spiro atoms. The lowest BCUT2D eigenvalue weighted by Crippen LogP contribution is -2.36. The van der Waals surface area contributed by atoms with E-state index in [-0.39, 0.29) is 11.9 Å². The summed E-state index contributed by atoms with van der Waals surface area (Å²) in [5.74, 6) is 0.584. The normalized spacial score (nSPS) is 16.1. The number of hydrogen-bond acceptors (Lipinski definition) is 3. The Kier molecular flexibility index (Phi) is 5.35. The van der Waals surface area contributed by atoms with Gasteiger partial charge in [-0.05, 0) is 49.7 Å². The van der Waals surface area contributed by atoms with Crippen molar-refractivity contribution < 1.29 is 9.21 Å². The zero-order valence-electron chi connectivity index (χ0n) is 15.3. The molecule has 1 aliphatic rings. The lowest BCUT2D eigenvalue weighted by molar-refractivity contribution is -0.116. The lowest BCUT2D eigenvalue weighted by atomic mass is 10.1. The van der Waals surface area contributed by atoms with Crippen LogP contribution in [-0.2, 0) is 4.79 Å². The van der Waals surface area contributed by atoms with Gasteiger partial charge >= 0.3 is 0 Å².